The number of aromatic amines is 1. The smallest absolute Gasteiger partial charge is 0.227 e. The number of H-pyrrole nitrogens is 1. The van der Waals surface area contributed by atoms with Gasteiger partial charge in [-0.2, -0.15) is 4.91 Å². The summed E-state index contributed by atoms with van der Waals surface area (Å²) in [6.45, 7) is 3.96. The molecule has 7 heteroatoms. The van der Waals surface area contributed by atoms with Crippen LogP contribution in [0.1, 0.15) is 17.0 Å². The van der Waals surface area contributed by atoms with E-state index in [4.69, 9.17) is 0 Å². The zero-order valence-electron chi connectivity index (χ0n) is 13.9. The second-order valence-electron chi connectivity index (χ2n) is 5.97. The van der Waals surface area contributed by atoms with Gasteiger partial charge in [0.1, 0.15) is 12.4 Å². The summed E-state index contributed by atoms with van der Waals surface area (Å²) in [7, 11) is 0. The highest BCUT2D eigenvalue weighted by Gasteiger charge is 2.10. The summed E-state index contributed by atoms with van der Waals surface area (Å²) in [6, 6.07) is 9.78. The topological polar surface area (TPSA) is 95.9 Å². The second-order valence-corrected chi connectivity index (χ2v) is 5.97. The van der Waals surface area contributed by atoms with Crippen molar-refractivity contribution < 1.29 is 0 Å². The van der Waals surface area contributed by atoms with Gasteiger partial charge in [0.25, 0.3) is 0 Å². The van der Waals surface area contributed by atoms with Gasteiger partial charge in [-0.15, -0.1) is 0 Å². The number of rotatable bonds is 4. The fraction of sp³-hybridized carbons (Fsp3) is 0.167. The summed E-state index contributed by atoms with van der Waals surface area (Å²) in [5.41, 5.74) is 5.15. The van der Waals surface area contributed by atoms with E-state index in [0.29, 0.717) is 5.95 Å². The Labute approximate surface area is 143 Å². The molecule has 0 amide bonds. The molecule has 0 aliphatic rings. The van der Waals surface area contributed by atoms with Gasteiger partial charge in [0.05, 0.1) is 16.6 Å². The number of imidazole rings is 1. The molecule has 7 nitrogen and oxygen atoms in total. The van der Waals surface area contributed by atoms with Crippen LogP contribution in [0.3, 0.4) is 0 Å². The third-order valence-electron chi connectivity index (χ3n) is 4.09. The molecular formula is C18H16N6O. The van der Waals surface area contributed by atoms with Crippen LogP contribution in [-0.2, 0) is 6.54 Å². The summed E-state index contributed by atoms with van der Waals surface area (Å²) in [6.07, 6.45) is 1.80. The van der Waals surface area contributed by atoms with E-state index in [0.717, 1.165) is 44.6 Å². The fourth-order valence-electron chi connectivity index (χ4n) is 2.97. The van der Waals surface area contributed by atoms with Crippen molar-refractivity contribution in [2.75, 3.05) is 5.32 Å². The number of benzene rings is 2. The molecule has 124 valence electrons. The molecule has 0 unspecified atom stereocenters. The molecular weight excluding hydrogens is 316 g/mol. The molecule has 0 saturated carbocycles. The molecule has 0 saturated heterocycles. The number of nitrogens with one attached hydrogen (secondary N) is 2. The zero-order valence-corrected chi connectivity index (χ0v) is 13.9. The van der Waals surface area contributed by atoms with Gasteiger partial charge in [0.15, 0.2) is 0 Å². The van der Waals surface area contributed by atoms with Crippen molar-refractivity contribution >= 4 is 33.6 Å². The molecule has 2 heterocycles. The van der Waals surface area contributed by atoms with Crippen LogP contribution in [0.4, 0.5) is 11.6 Å². The average molecular weight is 332 g/mol. The SMILES string of the molecule is Cc1nc2c(CN=O)cc(Nc3ncc4cccc(C)c4n3)cc2[nH]1. The molecule has 0 atom stereocenters. The number of aromatic nitrogens is 4. The third-order valence-corrected chi connectivity index (χ3v) is 4.09. The maximum atomic E-state index is 10.7. The predicted molar refractivity (Wildman–Crippen MR) is 97.9 cm³/mol. The lowest BCUT2D eigenvalue weighted by Crippen LogP contribution is -1.99. The highest BCUT2D eigenvalue weighted by Crippen LogP contribution is 2.25. The Hall–Kier alpha value is -3.35. The highest BCUT2D eigenvalue weighted by atomic mass is 16.3. The quantitative estimate of drug-likeness (QED) is 0.548. The first-order chi connectivity index (χ1) is 12.1. The molecule has 2 aromatic carbocycles. The van der Waals surface area contributed by atoms with Gasteiger partial charge in [-0.05, 0) is 31.5 Å². The maximum absolute atomic E-state index is 10.7. The molecule has 0 radical (unpaired) electrons. The normalized spacial score (nSPS) is 11.1. The van der Waals surface area contributed by atoms with Crippen LogP contribution in [0, 0.1) is 18.8 Å². The summed E-state index contributed by atoms with van der Waals surface area (Å²) in [5.74, 6) is 1.29. The number of hydrogen-bond acceptors (Lipinski definition) is 6. The van der Waals surface area contributed by atoms with Gasteiger partial charge < -0.3 is 10.3 Å². The van der Waals surface area contributed by atoms with Crippen molar-refractivity contribution in [1.82, 2.24) is 19.9 Å². The molecule has 0 aliphatic heterocycles. The number of nitrogens with zero attached hydrogens (tertiary/aromatic N) is 4. The first-order valence-electron chi connectivity index (χ1n) is 7.92. The lowest BCUT2D eigenvalue weighted by atomic mass is 10.1. The van der Waals surface area contributed by atoms with E-state index in [1.54, 1.807) is 6.20 Å². The molecule has 0 bridgehead atoms. The van der Waals surface area contributed by atoms with Crippen molar-refractivity contribution in [2.45, 2.75) is 20.4 Å². The molecule has 0 spiro atoms. The van der Waals surface area contributed by atoms with Crippen molar-refractivity contribution in [3.63, 3.8) is 0 Å². The molecule has 0 aliphatic carbocycles. The molecule has 25 heavy (non-hydrogen) atoms. The minimum atomic E-state index is 0.0635. The van der Waals surface area contributed by atoms with Gasteiger partial charge in [0, 0.05) is 22.8 Å². The third kappa shape index (κ3) is 2.80. The lowest BCUT2D eigenvalue weighted by Gasteiger charge is -2.08. The number of fused-ring (bicyclic) bond motifs is 2. The average Bonchev–Trinajstić information content (AvgIpc) is 2.96. The van der Waals surface area contributed by atoms with Crippen LogP contribution < -0.4 is 5.32 Å². The first kappa shape index (κ1) is 15.2. The highest BCUT2D eigenvalue weighted by molar-refractivity contribution is 5.85. The molecule has 4 rings (SSSR count). The fourth-order valence-corrected chi connectivity index (χ4v) is 2.97. The number of aryl methyl sites for hydroxylation is 2. The first-order valence-corrected chi connectivity index (χ1v) is 7.92. The van der Waals surface area contributed by atoms with Crippen molar-refractivity contribution in [1.29, 1.82) is 0 Å². The van der Waals surface area contributed by atoms with E-state index in [1.165, 1.54) is 0 Å². The Kier molecular flexibility index (Phi) is 3.61. The standard InChI is InChI=1S/C18H16N6O/c1-10-4-3-5-12-8-19-18(24-16(10)12)23-14-6-13(9-20-25)17-15(7-14)21-11(2)22-17/h3-8H,9H2,1-2H3,(H,21,22)(H,19,23,24). The Bertz CT molecular complexity index is 1100. The Morgan fingerprint density at radius 1 is 1.16 bits per heavy atom. The van der Waals surface area contributed by atoms with Crippen molar-refractivity contribution in [3.05, 3.63) is 58.4 Å². The van der Waals surface area contributed by atoms with E-state index in [2.05, 4.69) is 30.4 Å². The van der Waals surface area contributed by atoms with Crippen molar-refractivity contribution in [3.8, 4) is 0 Å². The maximum Gasteiger partial charge on any atom is 0.227 e. The molecule has 4 aromatic rings. The van der Waals surface area contributed by atoms with Gasteiger partial charge in [-0.25, -0.2) is 15.0 Å². The van der Waals surface area contributed by atoms with Gasteiger partial charge in [-0.3, -0.25) is 0 Å². The van der Waals surface area contributed by atoms with E-state index < -0.39 is 0 Å². The Balaban J connectivity index is 1.77. The monoisotopic (exact) mass is 332 g/mol. The van der Waals surface area contributed by atoms with Crippen LogP contribution in [-0.4, -0.2) is 19.9 Å². The largest absolute Gasteiger partial charge is 0.342 e. The van der Waals surface area contributed by atoms with E-state index in [-0.39, 0.29) is 6.54 Å². The molecule has 2 N–H and O–H groups in total. The number of nitroso groups, excluding NO2 is 1. The summed E-state index contributed by atoms with van der Waals surface area (Å²) >= 11 is 0. The predicted octanol–water partition coefficient (Wildman–Crippen LogP) is 4.13. The summed E-state index contributed by atoms with van der Waals surface area (Å²) < 4.78 is 0. The summed E-state index contributed by atoms with van der Waals surface area (Å²) in [4.78, 5) is 27.3. The molecule has 0 fully saturated rings. The minimum absolute atomic E-state index is 0.0635. The number of hydrogen-bond donors (Lipinski definition) is 2. The van der Waals surface area contributed by atoms with Crippen LogP contribution in [0.25, 0.3) is 21.9 Å². The van der Waals surface area contributed by atoms with Crippen LogP contribution >= 0.6 is 0 Å². The summed E-state index contributed by atoms with van der Waals surface area (Å²) in [5, 5.41) is 7.21. The Morgan fingerprint density at radius 2 is 2.04 bits per heavy atom. The van der Waals surface area contributed by atoms with Crippen LogP contribution in [0.2, 0.25) is 0 Å². The van der Waals surface area contributed by atoms with E-state index in [9.17, 15) is 4.91 Å². The zero-order chi connectivity index (χ0) is 17.4. The van der Waals surface area contributed by atoms with Crippen LogP contribution in [0.5, 0.6) is 0 Å². The van der Waals surface area contributed by atoms with Gasteiger partial charge in [-0.1, -0.05) is 23.4 Å². The van der Waals surface area contributed by atoms with Gasteiger partial charge in [0.2, 0.25) is 5.95 Å². The second kappa shape index (κ2) is 5.94. The van der Waals surface area contributed by atoms with E-state index in [1.807, 2.05) is 44.2 Å². The minimum Gasteiger partial charge on any atom is -0.342 e. The number of para-hydroxylation sites is 1. The Morgan fingerprint density at radius 3 is 2.88 bits per heavy atom. The van der Waals surface area contributed by atoms with Gasteiger partial charge >= 0.3 is 0 Å². The lowest BCUT2D eigenvalue weighted by molar-refractivity contribution is 1.06. The van der Waals surface area contributed by atoms with E-state index >= 15 is 0 Å². The van der Waals surface area contributed by atoms with Crippen molar-refractivity contribution in [2.24, 2.45) is 5.18 Å². The number of anilines is 2. The van der Waals surface area contributed by atoms with Crippen LogP contribution in [0.15, 0.2) is 41.7 Å². The molecule has 2 aromatic heterocycles.